The summed E-state index contributed by atoms with van der Waals surface area (Å²) in [7, 11) is -0.151. The first-order chi connectivity index (χ1) is 9.10. The third-order valence-corrected chi connectivity index (χ3v) is 3.70. The summed E-state index contributed by atoms with van der Waals surface area (Å²) in [6.07, 6.45) is -4.80. The van der Waals surface area contributed by atoms with Gasteiger partial charge in [0, 0.05) is 13.1 Å². The normalized spacial score (nSPS) is 12.7. The molecule has 0 saturated carbocycles. The molecule has 1 rings (SSSR count). The number of hydrogen-bond acceptors (Lipinski definition) is 4. The van der Waals surface area contributed by atoms with Gasteiger partial charge < -0.3 is 9.64 Å². The molecule has 0 aliphatic heterocycles. The maximum absolute atomic E-state index is 12.0. The zero-order valence-corrected chi connectivity index (χ0v) is 11.8. The van der Waals surface area contributed by atoms with E-state index in [0.717, 1.165) is 24.3 Å². The van der Waals surface area contributed by atoms with Crippen molar-refractivity contribution in [3.8, 4) is 5.75 Å². The number of rotatable bonds is 6. The van der Waals surface area contributed by atoms with E-state index in [0.29, 0.717) is 6.54 Å². The van der Waals surface area contributed by atoms with Crippen molar-refractivity contribution in [1.82, 2.24) is 9.62 Å². The average Bonchev–Trinajstić information content (AvgIpc) is 2.26. The molecule has 1 aromatic carbocycles. The Hall–Kier alpha value is -1.32. The highest BCUT2D eigenvalue weighted by molar-refractivity contribution is 7.89. The van der Waals surface area contributed by atoms with Crippen molar-refractivity contribution in [2.24, 2.45) is 0 Å². The molecule has 114 valence electrons. The van der Waals surface area contributed by atoms with Gasteiger partial charge in [-0.1, -0.05) is 0 Å². The zero-order chi connectivity index (χ0) is 15.4. The molecule has 0 aliphatic rings. The Morgan fingerprint density at radius 1 is 1.20 bits per heavy atom. The Labute approximate surface area is 115 Å². The van der Waals surface area contributed by atoms with Gasteiger partial charge in [-0.15, -0.1) is 13.2 Å². The highest BCUT2D eigenvalue weighted by Gasteiger charge is 2.31. The van der Waals surface area contributed by atoms with Crippen molar-refractivity contribution < 1.29 is 26.3 Å². The molecule has 0 atom stereocenters. The summed E-state index contributed by atoms with van der Waals surface area (Å²) in [6.45, 7) is 0.713. The van der Waals surface area contributed by atoms with Gasteiger partial charge in [0.25, 0.3) is 0 Å². The van der Waals surface area contributed by atoms with Gasteiger partial charge in [-0.3, -0.25) is 0 Å². The van der Waals surface area contributed by atoms with Crippen LogP contribution in [0.3, 0.4) is 0 Å². The lowest BCUT2D eigenvalue weighted by atomic mass is 10.3. The minimum Gasteiger partial charge on any atom is -0.406 e. The summed E-state index contributed by atoms with van der Waals surface area (Å²) in [5.74, 6) is -0.468. The summed E-state index contributed by atoms with van der Waals surface area (Å²) < 4.78 is 65.5. The number of alkyl halides is 3. The van der Waals surface area contributed by atoms with E-state index in [-0.39, 0.29) is 11.4 Å². The molecule has 0 bridgehead atoms. The lowest BCUT2D eigenvalue weighted by molar-refractivity contribution is -0.274. The van der Waals surface area contributed by atoms with Gasteiger partial charge in [-0.2, -0.15) is 0 Å². The number of halogens is 3. The third-order valence-electron chi connectivity index (χ3n) is 2.22. The van der Waals surface area contributed by atoms with Crippen LogP contribution in [0, 0.1) is 0 Å². The van der Waals surface area contributed by atoms with Gasteiger partial charge in [-0.05, 0) is 38.4 Å². The van der Waals surface area contributed by atoms with Crippen molar-refractivity contribution in [2.45, 2.75) is 11.3 Å². The molecular formula is C11H15F3N2O3S. The summed E-state index contributed by atoms with van der Waals surface area (Å²) in [5.41, 5.74) is 0. The van der Waals surface area contributed by atoms with Crippen LogP contribution in [0.2, 0.25) is 0 Å². The minimum atomic E-state index is -4.80. The Kier molecular flexibility index (Phi) is 5.37. The second-order valence-electron chi connectivity index (χ2n) is 4.22. The van der Waals surface area contributed by atoms with Crippen LogP contribution in [-0.2, 0) is 10.0 Å². The number of ether oxygens (including phenoxy) is 1. The number of nitrogens with one attached hydrogen (secondary N) is 1. The molecule has 0 aliphatic carbocycles. The topological polar surface area (TPSA) is 58.6 Å². The van der Waals surface area contributed by atoms with Crippen LogP contribution in [0.25, 0.3) is 0 Å². The predicted molar refractivity (Wildman–Crippen MR) is 66.9 cm³/mol. The molecule has 0 radical (unpaired) electrons. The Balaban J connectivity index is 2.72. The van der Waals surface area contributed by atoms with Gasteiger partial charge in [-0.25, -0.2) is 13.1 Å². The molecule has 0 amide bonds. The molecule has 0 fully saturated rings. The number of likely N-dealkylation sites (N-methyl/N-ethyl adjacent to an activating group) is 1. The molecule has 0 heterocycles. The Morgan fingerprint density at radius 2 is 1.75 bits per heavy atom. The van der Waals surface area contributed by atoms with E-state index in [9.17, 15) is 21.6 Å². The van der Waals surface area contributed by atoms with Crippen LogP contribution in [0.1, 0.15) is 0 Å². The first kappa shape index (κ1) is 16.7. The van der Waals surface area contributed by atoms with E-state index in [4.69, 9.17) is 0 Å². The van der Waals surface area contributed by atoms with Crippen LogP contribution < -0.4 is 9.46 Å². The zero-order valence-electron chi connectivity index (χ0n) is 10.9. The second kappa shape index (κ2) is 6.42. The standard InChI is InChI=1S/C11H15F3N2O3S/c1-16(2)8-7-15-20(17,18)10-5-3-9(4-6-10)19-11(12,13)14/h3-6,15H,7-8H2,1-2H3. The summed E-state index contributed by atoms with van der Waals surface area (Å²) in [6, 6.07) is 4.01. The fourth-order valence-corrected chi connectivity index (χ4v) is 2.33. The first-order valence-electron chi connectivity index (χ1n) is 5.60. The predicted octanol–water partition coefficient (Wildman–Crippen LogP) is 1.43. The lowest BCUT2D eigenvalue weighted by Gasteiger charge is -2.12. The maximum Gasteiger partial charge on any atom is 0.573 e. The van der Waals surface area contributed by atoms with E-state index in [1.807, 2.05) is 0 Å². The fourth-order valence-electron chi connectivity index (χ4n) is 1.31. The molecule has 0 aromatic heterocycles. The molecule has 5 nitrogen and oxygen atoms in total. The monoisotopic (exact) mass is 312 g/mol. The number of nitrogens with zero attached hydrogens (tertiary/aromatic N) is 1. The number of hydrogen-bond donors (Lipinski definition) is 1. The van der Waals surface area contributed by atoms with E-state index >= 15 is 0 Å². The summed E-state index contributed by atoms with van der Waals surface area (Å²) >= 11 is 0. The number of benzene rings is 1. The average molecular weight is 312 g/mol. The van der Waals surface area contributed by atoms with E-state index in [1.54, 1.807) is 19.0 Å². The molecule has 20 heavy (non-hydrogen) atoms. The van der Waals surface area contributed by atoms with Crippen LogP contribution >= 0.6 is 0 Å². The largest absolute Gasteiger partial charge is 0.573 e. The molecule has 9 heteroatoms. The van der Waals surface area contributed by atoms with Crippen LogP contribution in [0.4, 0.5) is 13.2 Å². The highest BCUT2D eigenvalue weighted by Crippen LogP contribution is 2.23. The van der Waals surface area contributed by atoms with Crippen LogP contribution in [-0.4, -0.2) is 46.9 Å². The Morgan fingerprint density at radius 3 is 2.20 bits per heavy atom. The molecular weight excluding hydrogens is 297 g/mol. The number of sulfonamides is 1. The third kappa shape index (κ3) is 5.76. The van der Waals surface area contributed by atoms with Gasteiger partial charge in [0.05, 0.1) is 4.90 Å². The maximum atomic E-state index is 12.0. The van der Waals surface area contributed by atoms with Crippen molar-refractivity contribution in [2.75, 3.05) is 27.2 Å². The quantitative estimate of drug-likeness (QED) is 0.863. The summed E-state index contributed by atoms with van der Waals surface area (Å²) in [5, 5.41) is 0. The van der Waals surface area contributed by atoms with Gasteiger partial charge in [0.15, 0.2) is 0 Å². The van der Waals surface area contributed by atoms with Crippen molar-refractivity contribution >= 4 is 10.0 Å². The SMILES string of the molecule is CN(C)CCNS(=O)(=O)c1ccc(OC(F)(F)F)cc1. The first-order valence-corrected chi connectivity index (χ1v) is 7.09. The summed E-state index contributed by atoms with van der Waals surface area (Å²) in [4.78, 5) is 1.67. The Bertz CT molecular complexity index is 527. The highest BCUT2D eigenvalue weighted by atomic mass is 32.2. The fraction of sp³-hybridized carbons (Fsp3) is 0.455. The molecule has 1 aromatic rings. The molecule has 0 saturated heterocycles. The van der Waals surface area contributed by atoms with Crippen molar-refractivity contribution in [1.29, 1.82) is 0 Å². The van der Waals surface area contributed by atoms with Crippen LogP contribution in [0.5, 0.6) is 5.75 Å². The van der Waals surface area contributed by atoms with Gasteiger partial charge >= 0.3 is 6.36 Å². The van der Waals surface area contributed by atoms with E-state index in [2.05, 4.69) is 9.46 Å². The van der Waals surface area contributed by atoms with E-state index in [1.165, 1.54) is 0 Å². The molecule has 1 N–H and O–H groups in total. The second-order valence-corrected chi connectivity index (χ2v) is 5.99. The van der Waals surface area contributed by atoms with Crippen LogP contribution in [0.15, 0.2) is 29.2 Å². The van der Waals surface area contributed by atoms with Crippen molar-refractivity contribution in [3.63, 3.8) is 0 Å². The molecule has 0 spiro atoms. The van der Waals surface area contributed by atoms with Gasteiger partial charge in [0.1, 0.15) is 5.75 Å². The van der Waals surface area contributed by atoms with Gasteiger partial charge in [0.2, 0.25) is 10.0 Å². The lowest BCUT2D eigenvalue weighted by Crippen LogP contribution is -2.31. The minimum absolute atomic E-state index is 0.120. The molecule has 0 unspecified atom stereocenters. The van der Waals surface area contributed by atoms with E-state index < -0.39 is 22.1 Å². The smallest absolute Gasteiger partial charge is 0.406 e. The van der Waals surface area contributed by atoms with Crippen molar-refractivity contribution in [3.05, 3.63) is 24.3 Å².